The summed E-state index contributed by atoms with van der Waals surface area (Å²) in [4.78, 5) is 11.9. The maximum absolute atomic E-state index is 13.3. The van der Waals surface area contributed by atoms with E-state index in [4.69, 9.17) is 0 Å². The van der Waals surface area contributed by atoms with Crippen molar-refractivity contribution in [2.24, 2.45) is 0 Å². The van der Waals surface area contributed by atoms with Crippen LogP contribution in [0.25, 0.3) is 0 Å². The summed E-state index contributed by atoms with van der Waals surface area (Å²) in [6, 6.07) is 11.9. The van der Waals surface area contributed by atoms with Crippen LogP contribution in [0.15, 0.2) is 42.5 Å². The molecule has 1 atom stereocenters. The number of aryl methyl sites for hydroxylation is 2. The van der Waals surface area contributed by atoms with Crippen molar-refractivity contribution < 1.29 is 14.3 Å². The Bertz CT molecular complexity index is 714. The third kappa shape index (κ3) is 2.27. The molecule has 1 aliphatic carbocycles. The normalized spacial score (nSPS) is 20.1. The average Bonchev–Trinajstić information content (AvgIpc) is 2.78. The number of hydrogen-bond donors (Lipinski definition) is 2. The smallest absolute Gasteiger partial charge is 0.334 e. The van der Waals surface area contributed by atoms with Gasteiger partial charge in [-0.15, -0.1) is 0 Å². The summed E-state index contributed by atoms with van der Waals surface area (Å²) >= 11 is 0. The Morgan fingerprint density at radius 1 is 1.29 bits per heavy atom. The predicted octanol–water partition coefficient (Wildman–Crippen LogP) is 3.47. The first-order chi connectivity index (χ1) is 10.0. The van der Waals surface area contributed by atoms with E-state index >= 15 is 0 Å². The molecule has 0 saturated heterocycles. The van der Waals surface area contributed by atoms with Crippen LogP contribution in [0, 0.1) is 12.7 Å². The van der Waals surface area contributed by atoms with Crippen molar-refractivity contribution in [3.05, 3.63) is 65.0 Å². The van der Waals surface area contributed by atoms with Crippen LogP contribution in [0.4, 0.5) is 10.1 Å². The quantitative estimate of drug-likeness (QED) is 0.907. The summed E-state index contributed by atoms with van der Waals surface area (Å²) in [5.74, 6) is -1.26. The lowest BCUT2D eigenvalue weighted by Crippen LogP contribution is -2.41. The molecule has 0 saturated carbocycles. The number of nitrogens with one attached hydrogen (secondary N) is 1. The van der Waals surface area contributed by atoms with Crippen molar-refractivity contribution in [3.8, 4) is 0 Å². The summed E-state index contributed by atoms with van der Waals surface area (Å²) in [6.45, 7) is 1.95. The summed E-state index contributed by atoms with van der Waals surface area (Å²) in [5, 5.41) is 12.9. The van der Waals surface area contributed by atoms with Gasteiger partial charge in [0.1, 0.15) is 5.82 Å². The van der Waals surface area contributed by atoms with Gasteiger partial charge in [0.25, 0.3) is 0 Å². The van der Waals surface area contributed by atoms with Crippen LogP contribution in [0.1, 0.15) is 23.1 Å². The number of hydrogen-bond acceptors (Lipinski definition) is 2. The fraction of sp³-hybridized carbons (Fsp3) is 0.235. The average molecular weight is 285 g/mol. The molecule has 0 aromatic heterocycles. The molecule has 0 aliphatic heterocycles. The number of fused-ring (bicyclic) bond motifs is 1. The van der Waals surface area contributed by atoms with Crippen LogP contribution in [-0.2, 0) is 16.8 Å². The summed E-state index contributed by atoms with van der Waals surface area (Å²) in [5.41, 5.74) is 2.04. The van der Waals surface area contributed by atoms with E-state index in [9.17, 15) is 14.3 Å². The second-order valence-electron chi connectivity index (χ2n) is 5.51. The highest BCUT2D eigenvalue weighted by atomic mass is 19.1. The molecule has 0 amide bonds. The van der Waals surface area contributed by atoms with Crippen molar-refractivity contribution in [2.75, 3.05) is 5.32 Å². The Balaban J connectivity index is 2.06. The lowest BCUT2D eigenvalue weighted by molar-refractivity contribution is -0.142. The highest BCUT2D eigenvalue weighted by Gasteiger charge is 2.45. The SMILES string of the molecule is Cc1cccc(NC2(C(=O)O)CCc3cc(F)ccc32)c1. The first-order valence-corrected chi connectivity index (χ1v) is 6.88. The Hall–Kier alpha value is -2.36. The monoisotopic (exact) mass is 285 g/mol. The molecule has 1 unspecified atom stereocenters. The van der Waals surface area contributed by atoms with E-state index in [2.05, 4.69) is 5.32 Å². The number of rotatable bonds is 3. The zero-order valence-corrected chi connectivity index (χ0v) is 11.7. The van der Waals surface area contributed by atoms with Crippen molar-refractivity contribution in [2.45, 2.75) is 25.3 Å². The number of aliphatic carboxylic acids is 1. The zero-order valence-electron chi connectivity index (χ0n) is 11.7. The highest BCUT2D eigenvalue weighted by molar-refractivity contribution is 5.86. The van der Waals surface area contributed by atoms with Gasteiger partial charge in [0.15, 0.2) is 5.54 Å². The van der Waals surface area contributed by atoms with Gasteiger partial charge in [-0.3, -0.25) is 0 Å². The Morgan fingerprint density at radius 3 is 2.81 bits per heavy atom. The molecule has 3 rings (SSSR count). The minimum Gasteiger partial charge on any atom is -0.479 e. The number of carbonyl (C=O) groups is 1. The summed E-state index contributed by atoms with van der Waals surface area (Å²) in [7, 11) is 0. The van der Waals surface area contributed by atoms with E-state index in [1.807, 2.05) is 31.2 Å². The van der Waals surface area contributed by atoms with E-state index < -0.39 is 11.5 Å². The number of carboxylic acid groups (broad SMARTS) is 1. The molecule has 0 heterocycles. The van der Waals surface area contributed by atoms with Gasteiger partial charge >= 0.3 is 5.97 Å². The van der Waals surface area contributed by atoms with Crippen LogP contribution in [0.2, 0.25) is 0 Å². The van der Waals surface area contributed by atoms with Crippen LogP contribution in [-0.4, -0.2) is 11.1 Å². The maximum atomic E-state index is 13.3. The molecule has 0 spiro atoms. The van der Waals surface area contributed by atoms with Crippen LogP contribution in [0.3, 0.4) is 0 Å². The lowest BCUT2D eigenvalue weighted by Gasteiger charge is -2.28. The Morgan fingerprint density at radius 2 is 2.10 bits per heavy atom. The van der Waals surface area contributed by atoms with E-state index in [0.29, 0.717) is 18.4 Å². The minimum atomic E-state index is -1.18. The van der Waals surface area contributed by atoms with E-state index in [0.717, 1.165) is 16.8 Å². The molecule has 3 nitrogen and oxygen atoms in total. The second kappa shape index (κ2) is 4.88. The zero-order chi connectivity index (χ0) is 15.0. The largest absolute Gasteiger partial charge is 0.479 e. The molecule has 1 aliphatic rings. The molecule has 2 aromatic rings. The fourth-order valence-electron chi connectivity index (χ4n) is 3.02. The topological polar surface area (TPSA) is 49.3 Å². The summed E-state index contributed by atoms with van der Waals surface area (Å²) in [6.07, 6.45) is 0.966. The fourth-order valence-corrected chi connectivity index (χ4v) is 3.02. The van der Waals surface area contributed by atoms with Gasteiger partial charge in [-0.25, -0.2) is 9.18 Å². The first-order valence-electron chi connectivity index (χ1n) is 6.88. The highest BCUT2D eigenvalue weighted by Crippen LogP contribution is 2.40. The number of benzene rings is 2. The lowest BCUT2D eigenvalue weighted by atomic mass is 9.91. The number of halogens is 1. The van der Waals surface area contributed by atoms with Gasteiger partial charge in [0, 0.05) is 5.69 Å². The van der Waals surface area contributed by atoms with Crippen LogP contribution < -0.4 is 5.32 Å². The van der Waals surface area contributed by atoms with Gasteiger partial charge in [0.05, 0.1) is 0 Å². The van der Waals surface area contributed by atoms with Crippen LogP contribution >= 0.6 is 0 Å². The molecule has 21 heavy (non-hydrogen) atoms. The van der Waals surface area contributed by atoms with Crippen LogP contribution in [0.5, 0.6) is 0 Å². The van der Waals surface area contributed by atoms with E-state index in [1.54, 1.807) is 6.07 Å². The molecule has 2 N–H and O–H groups in total. The molecule has 4 heteroatoms. The molecule has 0 fully saturated rings. The summed E-state index contributed by atoms with van der Waals surface area (Å²) < 4.78 is 13.3. The van der Waals surface area contributed by atoms with Crippen molar-refractivity contribution in [1.29, 1.82) is 0 Å². The minimum absolute atomic E-state index is 0.328. The third-order valence-electron chi connectivity index (χ3n) is 4.04. The number of anilines is 1. The third-order valence-corrected chi connectivity index (χ3v) is 4.04. The number of carboxylic acids is 1. The van der Waals surface area contributed by atoms with Crippen molar-refractivity contribution >= 4 is 11.7 Å². The van der Waals surface area contributed by atoms with Crippen molar-refractivity contribution in [1.82, 2.24) is 0 Å². The van der Waals surface area contributed by atoms with Gasteiger partial charge < -0.3 is 10.4 Å². The molecule has 108 valence electrons. The molecule has 0 radical (unpaired) electrons. The standard InChI is InChI=1S/C17H16FNO2/c1-11-3-2-4-14(9-11)19-17(16(20)21)8-7-12-10-13(18)5-6-15(12)17/h2-6,9-10,19H,7-8H2,1H3,(H,20,21). The van der Waals surface area contributed by atoms with Gasteiger partial charge in [-0.1, -0.05) is 18.2 Å². The van der Waals surface area contributed by atoms with Crippen molar-refractivity contribution in [3.63, 3.8) is 0 Å². The van der Waals surface area contributed by atoms with E-state index in [-0.39, 0.29) is 5.82 Å². The Kier molecular flexibility index (Phi) is 3.16. The van der Waals surface area contributed by atoms with E-state index in [1.165, 1.54) is 12.1 Å². The van der Waals surface area contributed by atoms with Gasteiger partial charge in [0.2, 0.25) is 0 Å². The Labute approximate surface area is 122 Å². The van der Waals surface area contributed by atoms with Gasteiger partial charge in [-0.05, 0) is 60.7 Å². The molecular weight excluding hydrogens is 269 g/mol. The molecule has 0 bridgehead atoms. The predicted molar refractivity (Wildman–Crippen MR) is 78.8 cm³/mol. The maximum Gasteiger partial charge on any atom is 0.334 e. The molecule has 2 aromatic carbocycles. The second-order valence-corrected chi connectivity index (χ2v) is 5.51. The molecular formula is C17H16FNO2. The first kappa shape index (κ1) is 13.6. The van der Waals surface area contributed by atoms with Gasteiger partial charge in [-0.2, -0.15) is 0 Å².